The number of hydrogen-bond acceptors (Lipinski definition) is 6. The second-order valence-corrected chi connectivity index (χ2v) is 7.04. The van der Waals surface area contributed by atoms with Gasteiger partial charge in [0.1, 0.15) is 12.2 Å². The molecule has 1 heterocycles. The van der Waals surface area contributed by atoms with Gasteiger partial charge >= 0.3 is 0 Å². The molecule has 0 radical (unpaired) electrons. The number of hydrogen-bond donors (Lipinski definition) is 2. The first-order valence-corrected chi connectivity index (χ1v) is 9.14. The van der Waals surface area contributed by atoms with Gasteiger partial charge in [0.15, 0.2) is 10.9 Å². The van der Waals surface area contributed by atoms with E-state index in [4.69, 9.17) is 40.2 Å². The second-order valence-electron chi connectivity index (χ2n) is 5.82. The third-order valence-corrected chi connectivity index (χ3v) is 4.57. The van der Waals surface area contributed by atoms with Crippen LogP contribution in [0.15, 0.2) is 42.0 Å². The van der Waals surface area contributed by atoms with Crippen LogP contribution in [0.1, 0.15) is 11.1 Å². The highest BCUT2D eigenvalue weighted by Gasteiger charge is 2.25. The molecule has 148 valence electrons. The average Bonchev–Trinajstić information content (AvgIpc) is 2.64. The Morgan fingerprint density at radius 2 is 1.62 bits per heavy atom. The number of nitrogens with zero attached hydrogens (tertiary/aromatic N) is 1. The summed E-state index contributed by atoms with van der Waals surface area (Å²) >= 11 is 17.2. The van der Waals surface area contributed by atoms with Crippen molar-refractivity contribution in [2.24, 2.45) is 0 Å². The Kier molecular flexibility index (Phi) is 6.12. The molecule has 11 heteroatoms. The molecule has 2 aromatic carbocycles. The molecule has 0 spiro atoms. The molecule has 3 rings (SSSR count). The van der Waals surface area contributed by atoms with Crippen LogP contribution in [0.4, 0.5) is 5.69 Å². The quantitative estimate of drug-likeness (QED) is 0.237. The Balaban J connectivity index is 1.78. The van der Waals surface area contributed by atoms with E-state index < -0.39 is 16.7 Å². The van der Waals surface area contributed by atoms with Crippen molar-refractivity contribution >= 4 is 64.1 Å². The van der Waals surface area contributed by atoms with Gasteiger partial charge in [0.05, 0.1) is 15.0 Å². The van der Waals surface area contributed by atoms with E-state index in [9.17, 15) is 19.7 Å². The minimum atomic E-state index is -0.635. The van der Waals surface area contributed by atoms with Gasteiger partial charge in [-0.1, -0.05) is 23.2 Å². The van der Waals surface area contributed by atoms with E-state index in [0.717, 1.165) is 0 Å². The Hall–Kier alpha value is -3.01. The minimum absolute atomic E-state index is 0.0289. The molecule has 29 heavy (non-hydrogen) atoms. The van der Waals surface area contributed by atoms with Crippen molar-refractivity contribution in [1.82, 2.24) is 10.6 Å². The number of nitro groups is 1. The number of nitrogens with one attached hydrogen (secondary N) is 2. The summed E-state index contributed by atoms with van der Waals surface area (Å²) in [6.07, 6.45) is 1.32. The summed E-state index contributed by atoms with van der Waals surface area (Å²) in [4.78, 5) is 34.0. The number of non-ortho nitro benzene ring substituents is 1. The maximum atomic E-state index is 11.9. The smallest absolute Gasteiger partial charge is 0.269 e. The largest absolute Gasteiger partial charge is 0.486 e. The van der Waals surface area contributed by atoms with Crippen molar-refractivity contribution < 1.29 is 19.2 Å². The lowest BCUT2D eigenvalue weighted by Crippen LogP contribution is -2.51. The molecular formula is C18H11Cl2N3O5S. The molecule has 2 aromatic rings. The molecule has 1 saturated heterocycles. The summed E-state index contributed by atoms with van der Waals surface area (Å²) in [5.74, 6) is -1.07. The summed E-state index contributed by atoms with van der Waals surface area (Å²) in [7, 11) is 0. The number of carbonyl (C=O) groups excluding carboxylic acids is 2. The van der Waals surface area contributed by atoms with E-state index >= 15 is 0 Å². The van der Waals surface area contributed by atoms with Crippen molar-refractivity contribution in [2.75, 3.05) is 0 Å². The zero-order valence-corrected chi connectivity index (χ0v) is 16.7. The first-order valence-electron chi connectivity index (χ1n) is 7.98. The summed E-state index contributed by atoms with van der Waals surface area (Å²) in [6, 6.07) is 8.82. The summed E-state index contributed by atoms with van der Waals surface area (Å²) < 4.78 is 5.63. The molecular weight excluding hydrogens is 441 g/mol. The van der Waals surface area contributed by atoms with E-state index in [1.54, 1.807) is 12.1 Å². The highest BCUT2D eigenvalue weighted by Crippen LogP contribution is 2.35. The molecule has 2 amide bonds. The zero-order chi connectivity index (χ0) is 21.1. The van der Waals surface area contributed by atoms with Gasteiger partial charge in [-0.3, -0.25) is 30.3 Å². The molecule has 0 unspecified atom stereocenters. The van der Waals surface area contributed by atoms with Gasteiger partial charge in [0.25, 0.3) is 17.5 Å². The first kappa shape index (κ1) is 20.7. The third kappa shape index (κ3) is 4.89. The average molecular weight is 452 g/mol. The maximum Gasteiger partial charge on any atom is 0.269 e. The van der Waals surface area contributed by atoms with Crippen LogP contribution < -0.4 is 15.4 Å². The molecule has 1 fully saturated rings. The molecule has 0 atom stereocenters. The lowest BCUT2D eigenvalue weighted by atomic mass is 10.1. The van der Waals surface area contributed by atoms with Crippen LogP contribution in [-0.4, -0.2) is 21.9 Å². The molecule has 2 N–H and O–H groups in total. The third-order valence-electron chi connectivity index (χ3n) is 3.81. The Labute approximate surface area is 179 Å². The monoisotopic (exact) mass is 451 g/mol. The van der Waals surface area contributed by atoms with E-state index in [2.05, 4.69) is 10.6 Å². The molecule has 0 aliphatic carbocycles. The number of halogens is 2. The van der Waals surface area contributed by atoms with Crippen molar-refractivity contribution in [3.63, 3.8) is 0 Å². The van der Waals surface area contributed by atoms with Crippen LogP contribution in [0.2, 0.25) is 10.0 Å². The fraction of sp³-hybridized carbons (Fsp3) is 0.0556. The predicted molar refractivity (Wildman–Crippen MR) is 111 cm³/mol. The van der Waals surface area contributed by atoms with Gasteiger partial charge < -0.3 is 4.74 Å². The van der Waals surface area contributed by atoms with Gasteiger partial charge in [-0.2, -0.15) is 0 Å². The van der Waals surface area contributed by atoms with Gasteiger partial charge in [0.2, 0.25) is 0 Å². The van der Waals surface area contributed by atoms with Gasteiger partial charge in [-0.15, -0.1) is 0 Å². The fourth-order valence-electron chi connectivity index (χ4n) is 2.44. The molecule has 0 saturated carbocycles. The number of thiocarbonyl (C=S) groups is 1. The van der Waals surface area contributed by atoms with Gasteiger partial charge in [-0.25, -0.2) is 0 Å². The number of nitro benzene ring substituents is 1. The zero-order valence-electron chi connectivity index (χ0n) is 14.4. The Morgan fingerprint density at radius 1 is 1.07 bits per heavy atom. The van der Waals surface area contributed by atoms with E-state index in [0.29, 0.717) is 11.1 Å². The number of benzene rings is 2. The van der Waals surface area contributed by atoms with Crippen molar-refractivity contribution in [3.8, 4) is 5.75 Å². The predicted octanol–water partition coefficient (Wildman–Crippen LogP) is 3.39. The normalized spacial score (nSPS) is 13.6. The van der Waals surface area contributed by atoms with Crippen molar-refractivity contribution in [3.05, 3.63) is 73.3 Å². The highest BCUT2D eigenvalue weighted by atomic mass is 35.5. The second kappa shape index (κ2) is 8.56. The number of rotatable bonds is 5. The highest BCUT2D eigenvalue weighted by molar-refractivity contribution is 7.80. The van der Waals surface area contributed by atoms with Crippen molar-refractivity contribution in [2.45, 2.75) is 6.61 Å². The number of amides is 2. The SMILES string of the molecule is O=C1NC(=S)NC(=O)C1=Cc1cc(Cl)c(OCc2ccc([N+](=O)[O-])cc2)c(Cl)c1. The lowest BCUT2D eigenvalue weighted by molar-refractivity contribution is -0.384. The summed E-state index contributed by atoms with van der Waals surface area (Å²) in [5.41, 5.74) is 0.917. The molecule has 0 bridgehead atoms. The fourth-order valence-corrected chi connectivity index (χ4v) is 3.24. The Bertz CT molecular complexity index is 1020. The van der Waals surface area contributed by atoms with Crippen LogP contribution in [0.5, 0.6) is 5.75 Å². The van der Waals surface area contributed by atoms with E-state index in [1.165, 1.54) is 30.3 Å². The standard InChI is InChI=1S/C18H11Cl2N3O5S/c19-13-6-10(5-12-16(24)21-18(29)22-17(12)25)7-14(20)15(13)28-8-9-1-3-11(4-2-9)23(26)27/h1-7H,8H2,(H2,21,22,24,25,29). The maximum absolute atomic E-state index is 11.9. The van der Waals surface area contributed by atoms with E-state index in [1.807, 2.05) is 0 Å². The van der Waals surface area contributed by atoms with Crippen LogP contribution in [0, 0.1) is 10.1 Å². The molecule has 0 aromatic heterocycles. The minimum Gasteiger partial charge on any atom is -0.486 e. The number of carbonyl (C=O) groups is 2. The van der Waals surface area contributed by atoms with E-state index in [-0.39, 0.29) is 38.8 Å². The molecule has 1 aliphatic rings. The van der Waals surface area contributed by atoms with Crippen LogP contribution in [-0.2, 0) is 16.2 Å². The summed E-state index contributed by atoms with van der Waals surface area (Å²) in [6.45, 7) is 0.0835. The first-order chi connectivity index (χ1) is 13.7. The molecule has 8 nitrogen and oxygen atoms in total. The lowest BCUT2D eigenvalue weighted by Gasteiger charge is -2.16. The number of ether oxygens (including phenoxy) is 1. The topological polar surface area (TPSA) is 111 Å². The van der Waals surface area contributed by atoms with Crippen molar-refractivity contribution in [1.29, 1.82) is 0 Å². The van der Waals surface area contributed by atoms with Crippen LogP contribution in [0.3, 0.4) is 0 Å². The van der Waals surface area contributed by atoms with Gasteiger partial charge in [-0.05, 0) is 53.7 Å². The van der Waals surface area contributed by atoms with Crippen LogP contribution >= 0.6 is 35.4 Å². The summed E-state index contributed by atoms with van der Waals surface area (Å²) in [5, 5.41) is 15.6. The Morgan fingerprint density at radius 3 is 2.14 bits per heavy atom. The molecule has 1 aliphatic heterocycles. The van der Waals surface area contributed by atoms with Crippen LogP contribution in [0.25, 0.3) is 6.08 Å². The van der Waals surface area contributed by atoms with Gasteiger partial charge in [0, 0.05) is 12.1 Å².